The van der Waals surface area contributed by atoms with Gasteiger partial charge in [0.25, 0.3) is 0 Å². The predicted molar refractivity (Wildman–Crippen MR) is 88.3 cm³/mol. The summed E-state index contributed by atoms with van der Waals surface area (Å²) in [5.74, 6) is 0.841. The second-order valence-corrected chi connectivity index (χ2v) is 6.86. The Morgan fingerprint density at radius 1 is 1.52 bits per heavy atom. The van der Waals surface area contributed by atoms with Crippen LogP contribution in [-0.2, 0) is 4.79 Å². The Morgan fingerprint density at radius 2 is 2.29 bits per heavy atom. The fraction of sp³-hybridized carbons (Fsp3) is 0.625. The Morgan fingerprint density at radius 3 is 2.95 bits per heavy atom. The molecule has 0 saturated carbocycles. The quantitative estimate of drug-likeness (QED) is 0.649. The van der Waals surface area contributed by atoms with E-state index in [1.165, 1.54) is 25.9 Å². The normalized spacial score (nSPS) is 17.4. The van der Waals surface area contributed by atoms with Crippen molar-refractivity contribution in [3.05, 3.63) is 22.2 Å². The summed E-state index contributed by atoms with van der Waals surface area (Å²) in [5.41, 5.74) is 0.857. The van der Waals surface area contributed by atoms with Gasteiger partial charge in [-0.1, -0.05) is 6.92 Å². The summed E-state index contributed by atoms with van der Waals surface area (Å²) in [5, 5.41) is 5.91. The molecule has 1 fully saturated rings. The van der Waals surface area contributed by atoms with Crippen LogP contribution >= 0.6 is 11.3 Å². The van der Waals surface area contributed by atoms with Gasteiger partial charge in [-0.3, -0.25) is 4.79 Å². The number of amides is 1. The van der Waals surface area contributed by atoms with Crippen molar-refractivity contribution in [1.29, 1.82) is 0 Å². The molecule has 0 unspecified atom stereocenters. The first kappa shape index (κ1) is 16.2. The number of aryl methyl sites for hydroxylation is 1. The molecule has 0 spiro atoms. The number of thiazole rings is 1. The van der Waals surface area contributed by atoms with Crippen molar-refractivity contribution in [1.82, 2.24) is 15.2 Å². The zero-order chi connectivity index (χ0) is 15.1. The average molecular weight is 307 g/mol. The van der Waals surface area contributed by atoms with Gasteiger partial charge in [-0.05, 0) is 57.8 Å². The third kappa shape index (κ3) is 5.98. The Labute approximate surface area is 131 Å². The molecule has 1 aromatic rings. The lowest BCUT2D eigenvalue weighted by atomic mass is 9.99. The Hall–Kier alpha value is -1.20. The van der Waals surface area contributed by atoms with Gasteiger partial charge < -0.3 is 10.2 Å². The predicted octanol–water partition coefficient (Wildman–Crippen LogP) is 2.70. The standard InChI is InChI=1S/C16H25N3OS/c1-13-6-10-19(11-7-13)9-3-8-17-16(20)5-4-15-12-21-14(2)18-15/h4-5,12-13H,3,6-11H2,1-2H3,(H,17,20)/b5-4-. The first-order valence-electron chi connectivity index (χ1n) is 7.74. The largest absolute Gasteiger partial charge is 0.353 e. The first-order valence-corrected chi connectivity index (χ1v) is 8.62. The van der Waals surface area contributed by atoms with E-state index in [9.17, 15) is 4.79 Å². The van der Waals surface area contributed by atoms with Crippen LogP contribution < -0.4 is 5.32 Å². The second-order valence-electron chi connectivity index (χ2n) is 5.79. The Kier molecular flexibility index (Phi) is 6.39. The molecular weight excluding hydrogens is 282 g/mol. The molecule has 1 amide bonds. The summed E-state index contributed by atoms with van der Waals surface area (Å²) < 4.78 is 0. The zero-order valence-electron chi connectivity index (χ0n) is 13.0. The number of hydrogen-bond acceptors (Lipinski definition) is 4. The van der Waals surface area contributed by atoms with Crippen molar-refractivity contribution in [2.24, 2.45) is 5.92 Å². The molecule has 1 aromatic heterocycles. The summed E-state index contributed by atoms with van der Waals surface area (Å²) in [6.45, 7) is 8.53. The fourth-order valence-electron chi connectivity index (χ4n) is 2.48. The minimum atomic E-state index is -0.0343. The van der Waals surface area contributed by atoms with Crippen LogP contribution in [0.4, 0.5) is 0 Å². The van der Waals surface area contributed by atoms with E-state index in [2.05, 4.69) is 22.1 Å². The van der Waals surface area contributed by atoms with Crippen LogP contribution in [0.15, 0.2) is 11.5 Å². The summed E-state index contributed by atoms with van der Waals surface area (Å²) in [6.07, 6.45) is 6.97. The molecule has 2 rings (SSSR count). The lowest BCUT2D eigenvalue weighted by Crippen LogP contribution is -2.35. The Balaban J connectivity index is 1.58. The van der Waals surface area contributed by atoms with E-state index < -0.39 is 0 Å². The molecule has 21 heavy (non-hydrogen) atoms. The number of likely N-dealkylation sites (tertiary alicyclic amines) is 1. The molecule has 1 aliphatic heterocycles. The zero-order valence-corrected chi connectivity index (χ0v) is 13.8. The highest BCUT2D eigenvalue weighted by atomic mass is 32.1. The molecular formula is C16H25N3OS. The van der Waals surface area contributed by atoms with E-state index in [0.29, 0.717) is 0 Å². The summed E-state index contributed by atoms with van der Waals surface area (Å²) in [7, 11) is 0. The van der Waals surface area contributed by atoms with Crippen molar-refractivity contribution >= 4 is 23.3 Å². The molecule has 1 saturated heterocycles. The highest BCUT2D eigenvalue weighted by Crippen LogP contribution is 2.15. The lowest BCUT2D eigenvalue weighted by molar-refractivity contribution is -0.116. The SMILES string of the molecule is Cc1nc(/C=C\C(=O)NCCCN2CCC(C)CC2)cs1. The molecule has 5 heteroatoms. The van der Waals surface area contributed by atoms with Crippen LogP contribution in [-0.4, -0.2) is 42.0 Å². The van der Waals surface area contributed by atoms with Crippen LogP contribution in [0, 0.1) is 12.8 Å². The molecule has 0 atom stereocenters. The Bertz CT molecular complexity index is 476. The number of piperidine rings is 1. The van der Waals surface area contributed by atoms with Gasteiger partial charge in [-0.2, -0.15) is 0 Å². The van der Waals surface area contributed by atoms with E-state index >= 15 is 0 Å². The first-order chi connectivity index (χ1) is 10.1. The molecule has 0 aromatic carbocycles. The van der Waals surface area contributed by atoms with Crippen molar-refractivity contribution < 1.29 is 4.79 Å². The lowest BCUT2D eigenvalue weighted by Gasteiger charge is -2.30. The highest BCUT2D eigenvalue weighted by Gasteiger charge is 2.14. The molecule has 116 valence electrons. The van der Waals surface area contributed by atoms with Gasteiger partial charge in [-0.15, -0.1) is 11.3 Å². The average Bonchev–Trinajstić information content (AvgIpc) is 2.89. The number of carbonyl (C=O) groups is 1. The van der Waals surface area contributed by atoms with Crippen molar-refractivity contribution in [3.63, 3.8) is 0 Å². The molecule has 1 aliphatic rings. The van der Waals surface area contributed by atoms with Crippen LogP contribution in [0.1, 0.15) is 36.9 Å². The van der Waals surface area contributed by atoms with Crippen molar-refractivity contribution in [3.8, 4) is 0 Å². The minimum Gasteiger partial charge on any atom is -0.353 e. The molecule has 1 N–H and O–H groups in total. The van der Waals surface area contributed by atoms with Crippen molar-refractivity contribution in [2.45, 2.75) is 33.1 Å². The van der Waals surface area contributed by atoms with Gasteiger partial charge in [0, 0.05) is 18.0 Å². The third-order valence-electron chi connectivity index (χ3n) is 3.87. The van der Waals surface area contributed by atoms with Gasteiger partial charge in [0.15, 0.2) is 0 Å². The number of nitrogens with one attached hydrogen (secondary N) is 1. The van der Waals surface area contributed by atoms with Gasteiger partial charge in [-0.25, -0.2) is 4.98 Å². The van der Waals surface area contributed by atoms with E-state index in [1.54, 1.807) is 23.5 Å². The summed E-state index contributed by atoms with van der Waals surface area (Å²) >= 11 is 1.59. The van der Waals surface area contributed by atoms with E-state index in [0.717, 1.165) is 36.1 Å². The summed E-state index contributed by atoms with van der Waals surface area (Å²) in [4.78, 5) is 18.5. The number of carbonyl (C=O) groups excluding carboxylic acids is 1. The van der Waals surface area contributed by atoms with Crippen LogP contribution in [0.2, 0.25) is 0 Å². The molecule has 0 bridgehead atoms. The number of nitrogens with zero attached hydrogens (tertiary/aromatic N) is 2. The van der Waals surface area contributed by atoms with Crippen LogP contribution in [0.25, 0.3) is 6.08 Å². The topological polar surface area (TPSA) is 45.2 Å². The second kappa shape index (κ2) is 8.29. The molecule has 0 radical (unpaired) electrons. The number of aromatic nitrogens is 1. The monoisotopic (exact) mass is 307 g/mol. The maximum absolute atomic E-state index is 11.7. The molecule has 2 heterocycles. The van der Waals surface area contributed by atoms with E-state index in [-0.39, 0.29) is 5.91 Å². The van der Waals surface area contributed by atoms with Gasteiger partial charge >= 0.3 is 0 Å². The number of hydrogen-bond donors (Lipinski definition) is 1. The van der Waals surface area contributed by atoms with E-state index in [4.69, 9.17) is 0 Å². The smallest absolute Gasteiger partial charge is 0.244 e. The van der Waals surface area contributed by atoms with Crippen molar-refractivity contribution in [2.75, 3.05) is 26.2 Å². The highest BCUT2D eigenvalue weighted by molar-refractivity contribution is 7.09. The summed E-state index contributed by atoms with van der Waals surface area (Å²) in [6, 6.07) is 0. The van der Waals surface area contributed by atoms with E-state index in [1.807, 2.05) is 12.3 Å². The van der Waals surface area contributed by atoms with Gasteiger partial charge in [0.05, 0.1) is 10.7 Å². The maximum atomic E-state index is 11.7. The molecule has 0 aliphatic carbocycles. The fourth-order valence-corrected chi connectivity index (χ4v) is 3.06. The van der Waals surface area contributed by atoms with Gasteiger partial charge in [0.1, 0.15) is 0 Å². The number of rotatable bonds is 6. The minimum absolute atomic E-state index is 0.0343. The van der Waals surface area contributed by atoms with Crippen LogP contribution in [0.3, 0.4) is 0 Å². The molecule has 4 nitrogen and oxygen atoms in total. The third-order valence-corrected chi connectivity index (χ3v) is 4.66. The maximum Gasteiger partial charge on any atom is 0.244 e. The van der Waals surface area contributed by atoms with Gasteiger partial charge in [0.2, 0.25) is 5.91 Å². The van der Waals surface area contributed by atoms with Crippen LogP contribution in [0.5, 0.6) is 0 Å².